The number of aromatic nitrogens is 3. The molecular weight excluding hydrogens is 416 g/mol. The molecule has 8 nitrogen and oxygen atoms in total. The van der Waals surface area contributed by atoms with Crippen molar-refractivity contribution in [3.8, 4) is 33.6 Å². The van der Waals surface area contributed by atoms with E-state index in [-0.39, 0.29) is 12.7 Å². The Morgan fingerprint density at radius 2 is 2.00 bits per heavy atom. The summed E-state index contributed by atoms with van der Waals surface area (Å²) in [5, 5.41) is 10.00. The molecule has 1 aliphatic heterocycles. The smallest absolute Gasteiger partial charge is 0.260 e. The van der Waals surface area contributed by atoms with Crippen LogP contribution in [0.15, 0.2) is 53.9 Å². The Bertz CT molecular complexity index is 1280. The zero-order valence-corrected chi connectivity index (χ0v) is 17.6. The van der Waals surface area contributed by atoms with Crippen LogP contribution in [0.2, 0.25) is 0 Å². The Hall–Kier alpha value is -3.85. The van der Waals surface area contributed by atoms with Gasteiger partial charge in [0.2, 0.25) is 11.9 Å². The molecule has 0 aliphatic carbocycles. The Labute approximate surface area is 182 Å². The maximum absolute atomic E-state index is 12.8. The first-order chi connectivity index (χ1) is 15.1. The molecule has 5 rings (SSSR count). The molecule has 0 unspecified atom stereocenters. The number of methoxy groups -OCH3 is 1. The monoisotopic (exact) mass is 434 g/mol. The van der Waals surface area contributed by atoms with Crippen LogP contribution in [0.5, 0.6) is 17.2 Å². The molecule has 4 aromatic rings. The normalized spacial score (nSPS) is 12.1. The summed E-state index contributed by atoms with van der Waals surface area (Å²) in [7, 11) is 1.54. The minimum absolute atomic E-state index is 0.225. The molecule has 0 fully saturated rings. The summed E-state index contributed by atoms with van der Waals surface area (Å²) in [5.74, 6) is 2.17. The van der Waals surface area contributed by atoms with Crippen molar-refractivity contribution in [1.82, 2.24) is 14.8 Å². The van der Waals surface area contributed by atoms with Gasteiger partial charge in [0, 0.05) is 17.0 Å². The van der Waals surface area contributed by atoms with Crippen LogP contribution in [0, 0.1) is 6.92 Å². The van der Waals surface area contributed by atoms with E-state index < -0.39 is 0 Å². The molecule has 0 atom stereocenters. The Balaban J connectivity index is 1.44. The van der Waals surface area contributed by atoms with Crippen molar-refractivity contribution in [3.63, 3.8) is 0 Å². The number of fused-ring (bicyclic) bond motifs is 1. The summed E-state index contributed by atoms with van der Waals surface area (Å²) in [4.78, 5) is 17.6. The van der Waals surface area contributed by atoms with Gasteiger partial charge in [-0.05, 0) is 37.3 Å². The molecule has 2 aromatic heterocycles. The highest BCUT2D eigenvalue weighted by atomic mass is 32.1. The van der Waals surface area contributed by atoms with E-state index in [1.165, 1.54) is 18.4 Å². The summed E-state index contributed by atoms with van der Waals surface area (Å²) in [6.45, 7) is 2.09. The van der Waals surface area contributed by atoms with Gasteiger partial charge < -0.3 is 19.5 Å². The lowest BCUT2D eigenvalue weighted by atomic mass is 10.1. The van der Waals surface area contributed by atoms with Crippen molar-refractivity contribution in [2.45, 2.75) is 6.92 Å². The third-order valence-corrected chi connectivity index (χ3v) is 5.58. The van der Waals surface area contributed by atoms with E-state index in [1.54, 1.807) is 28.9 Å². The van der Waals surface area contributed by atoms with Gasteiger partial charge in [-0.2, -0.15) is 9.78 Å². The van der Waals surface area contributed by atoms with Gasteiger partial charge >= 0.3 is 0 Å². The van der Waals surface area contributed by atoms with Gasteiger partial charge in [0.1, 0.15) is 11.6 Å². The van der Waals surface area contributed by atoms with Crippen LogP contribution < -0.4 is 19.5 Å². The van der Waals surface area contributed by atoms with Gasteiger partial charge in [-0.1, -0.05) is 12.1 Å². The average molecular weight is 434 g/mol. The molecule has 1 N–H and O–H groups in total. The number of amides is 1. The van der Waals surface area contributed by atoms with Crippen molar-refractivity contribution in [2.24, 2.45) is 0 Å². The fraction of sp³-hybridized carbons (Fsp3) is 0.136. The van der Waals surface area contributed by atoms with Gasteiger partial charge in [0.25, 0.3) is 5.91 Å². The quantitative estimate of drug-likeness (QED) is 0.504. The molecular formula is C22H18N4O4S. The third kappa shape index (κ3) is 3.59. The number of carbonyl (C=O) groups excluding carboxylic acids is 1. The molecule has 0 bridgehead atoms. The predicted molar refractivity (Wildman–Crippen MR) is 116 cm³/mol. The van der Waals surface area contributed by atoms with Crippen LogP contribution in [0.4, 0.5) is 5.82 Å². The van der Waals surface area contributed by atoms with E-state index >= 15 is 0 Å². The molecule has 0 radical (unpaired) electrons. The van der Waals surface area contributed by atoms with Gasteiger partial charge in [-0.25, -0.2) is 4.98 Å². The summed E-state index contributed by atoms with van der Waals surface area (Å²) in [6.07, 6.45) is 0. The van der Waals surface area contributed by atoms with Gasteiger partial charge in [0.15, 0.2) is 11.5 Å². The molecule has 1 amide bonds. The number of aryl methyl sites for hydroxylation is 1. The topological polar surface area (TPSA) is 87.5 Å². The van der Waals surface area contributed by atoms with Crippen molar-refractivity contribution < 1.29 is 19.0 Å². The average Bonchev–Trinajstić information content (AvgIpc) is 3.52. The lowest BCUT2D eigenvalue weighted by Gasteiger charge is -2.09. The molecule has 1 aliphatic rings. The molecule has 2 aromatic carbocycles. The molecule has 0 saturated heterocycles. The first-order valence-electron chi connectivity index (χ1n) is 9.49. The SMILES string of the molecule is COc1ccccc1C(=O)Nc1cc(C)nn1-c1nc(-c2ccc3c(c2)OCO3)cs1. The Morgan fingerprint density at radius 1 is 1.16 bits per heavy atom. The number of nitrogens with one attached hydrogen (secondary N) is 1. The maximum Gasteiger partial charge on any atom is 0.260 e. The Kier molecular flexibility index (Phi) is 4.79. The molecule has 31 heavy (non-hydrogen) atoms. The first kappa shape index (κ1) is 19.1. The minimum Gasteiger partial charge on any atom is -0.496 e. The van der Waals surface area contributed by atoms with E-state index in [1.807, 2.05) is 36.6 Å². The number of carbonyl (C=O) groups is 1. The number of para-hydroxylation sites is 1. The van der Waals surface area contributed by atoms with Crippen molar-refractivity contribution >= 4 is 23.1 Å². The molecule has 0 spiro atoms. The number of rotatable bonds is 5. The van der Waals surface area contributed by atoms with Gasteiger partial charge in [0.05, 0.1) is 24.1 Å². The lowest BCUT2D eigenvalue weighted by molar-refractivity contribution is 0.102. The zero-order chi connectivity index (χ0) is 21.4. The van der Waals surface area contributed by atoms with Crippen molar-refractivity contribution in [2.75, 3.05) is 19.2 Å². The van der Waals surface area contributed by atoms with E-state index in [0.29, 0.717) is 28.0 Å². The summed E-state index contributed by atoms with van der Waals surface area (Å²) >= 11 is 1.43. The molecule has 0 saturated carbocycles. The van der Waals surface area contributed by atoms with Gasteiger partial charge in [-0.15, -0.1) is 11.3 Å². The highest BCUT2D eigenvalue weighted by Gasteiger charge is 2.19. The summed E-state index contributed by atoms with van der Waals surface area (Å²) < 4.78 is 17.8. The zero-order valence-electron chi connectivity index (χ0n) is 16.8. The van der Waals surface area contributed by atoms with Crippen LogP contribution >= 0.6 is 11.3 Å². The number of thiazole rings is 1. The molecule has 156 valence electrons. The molecule has 3 heterocycles. The predicted octanol–water partition coefficient (Wildman–Crippen LogP) is 4.29. The number of hydrogen-bond donors (Lipinski definition) is 1. The number of benzene rings is 2. The summed E-state index contributed by atoms with van der Waals surface area (Å²) in [5.41, 5.74) is 2.90. The van der Waals surface area contributed by atoms with E-state index in [4.69, 9.17) is 19.2 Å². The second-order valence-electron chi connectivity index (χ2n) is 6.82. The largest absolute Gasteiger partial charge is 0.496 e. The first-order valence-corrected chi connectivity index (χ1v) is 10.4. The summed E-state index contributed by atoms with van der Waals surface area (Å²) in [6, 6.07) is 14.6. The van der Waals surface area contributed by atoms with Crippen LogP contribution in [-0.2, 0) is 0 Å². The minimum atomic E-state index is -0.286. The van der Waals surface area contributed by atoms with Crippen LogP contribution in [0.3, 0.4) is 0 Å². The number of nitrogens with zero attached hydrogens (tertiary/aromatic N) is 3. The second kappa shape index (κ2) is 7.77. The lowest BCUT2D eigenvalue weighted by Crippen LogP contribution is -2.16. The van der Waals surface area contributed by atoms with Crippen molar-refractivity contribution in [1.29, 1.82) is 0 Å². The van der Waals surface area contributed by atoms with E-state index in [0.717, 1.165) is 22.7 Å². The fourth-order valence-corrected chi connectivity index (χ4v) is 4.10. The van der Waals surface area contributed by atoms with E-state index in [9.17, 15) is 4.79 Å². The fourth-order valence-electron chi connectivity index (χ4n) is 3.30. The number of hydrogen-bond acceptors (Lipinski definition) is 7. The highest BCUT2D eigenvalue weighted by molar-refractivity contribution is 7.12. The number of anilines is 1. The maximum atomic E-state index is 12.8. The second-order valence-corrected chi connectivity index (χ2v) is 7.66. The third-order valence-electron chi connectivity index (χ3n) is 4.77. The highest BCUT2D eigenvalue weighted by Crippen LogP contribution is 2.36. The van der Waals surface area contributed by atoms with Gasteiger partial charge in [-0.3, -0.25) is 4.79 Å². The molecule has 9 heteroatoms. The standard InChI is InChI=1S/C22H18N4O4S/c1-13-9-20(24-21(27)15-5-3-4-6-17(15)28-2)26(25-13)22-23-16(11-31-22)14-7-8-18-19(10-14)30-12-29-18/h3-11H,12H2,1-2H3,(H,24,27). The van der Waals surface area contributed by atoms with Crippen molar-refractivity contribution in [3.05, 3.63) is 65.2 Å². The van der Waals surface area contributed by atoms with E-state index in [2.05, 4.69) is 10.4 Å². The van der Waals surface area contributed by atoms with Crippen LogP contribution in [-0.4, -0.2) is 34.6 Å². The van der Waals surface area contributed by atoms with Crippen LogP contribution in [0.1, 0.15) is 16.1 Å². The Morgan fingerprint density at radius 3 is 2.87 bits per heavy atom. The number of ether oxygens (including phenoxy) is 3. The van der Waals surface area contributed by atoms with Crippen LogP contribution in [0.25, 0.3) is 16.4 Å².